The molecule has 5 nitrogen and oxygen atoms in total. The monoisotopic (exact) mass is 209 g/mol. The van der Waals surface area contributed by atoms with E-state index in [-0.39, 0.29) is 5.69 Å². The first-order valence-electron chi connectivity index (χ1n) is 5.11. The quantitative estimate of drug-likeness (QED) is 0.765. The fraction of sp³-hybridized carbons (Fsp3) is 0.600. The molecule has 0 radical (unpaired) electrons. The van der Waals surface area contributed by atoms with Crippen LogP contribution in [0.3, 0.4) is 0 Å². The van der Waals surface area contributed by atoms with E-state index in [1.165, 1.54) is 6.42 Å². The van der Waals surface area contributed by atoms with Gasteiger partial charge in [0, 0.05) is 12.2 Å². The number of aromatic nitrogens is 2. The molecule has 15 heavy (non-hydrogen) atoms. The average molecular weight is 209 g/mol. The van der Waals surface area contributed by atoms with Crippen LogP contribution >= 0.6 is 0 Å². The smallest absolute Gasteiger partial charge is 0.356 e. The molecule has 82 valence electrons. The number of carbonyl (C=O) groups is 1. The van der Waals surface area contributed by atoms with E-state index in [9.17, 15) is 4.79 Å². The second kappa shape index (κ2) is 4.02. The van der Waals surface area contributed by atoms with Gasteiger partial charge in [-0.1, -0.05) is 0 Å². The topological polar surface area (TPSA) is 69.2 Å². The zero-order chi connectivity index (χ0) is 10.8. The maximum atomic E-state index is 10.6. The lowest BCUT2D eigenvalue weighted by Gasteiger charge is -2.08. The Morgan fingerprint density at radius 3 is 3.13 bits per heavy atom. The number of hydrogen-bond acceptors (Lipinski definition) is 3. The van der Waals surface area contributed by atoms with Crippen LogP contribution in [-0.4, -0.2) is 46.3 Å². The Balaban J connectivity index is 1.96. The van der Waals surface area contributed by atoms with Gasteiger partial charge in [0.15, 0.2) is 5.69 Å². The first-order valence-corrected chi connectivity index (χ1v) is 5.11. The van der Waals surface area contributed by atoms with E-state index >= 15 is 0 Å². The molecule has 5 heteroatoms. The minimum Gasteiger partial charge on any atom is -0.476 e. The van der Waals surface area contributed by atoms with Gasteiger partial charge in [-0.2, -0.15) is 5.10 Å². The highest BCUT2D eigenvalue weighted by Crippen LogP contribution is 2.18. The summed E-state index contributed by atoms with van der Waals surface area (Å²) in [6.07, 6.45) is 2.07. The molecule has 1 atom stereocenters. The van der Waals surface area contributed by atoms with Gasteiger partial charge in [0.2, 0.25) is 0 Å². The van der Waals surface area contributed by atoms with Crippen LogP contribution in [0.2, 0.25) is 0 Å². The fourth-order valence-corrected chi connectivity index (χ4v) is 2.08. The number of carboxylic acid groups (broad SMARTS) is 1. The number of likely N-dealkylation sites (tertiary alicyclic amines) is 1. The lowest BCUT2D eigenvalue weighted by Crippen LogP contribution is -2.15. The zero-order valence-corrected chi connectivity index (χ0v) is 8.73. The maximum Gasteiger partial charge on any atom is 0.356 e. The molecule has 0 saturated carbocycles. The van der Waals surface area contributed by atoms with Crippen molar-refractivity contribution >= 4 is 5.97 Å². The average Bonchev–Trinajstić information content (AvgIpc) is 2.76. The molecule has 0 spiro atoms. The van der Waals surface area contributed by atoms with Gasteiger partial charge in [0.25, 0.3) is 0 Å². The summed E-state index contributed by atoms with van der Waals surface area (Å²) in [5.41, 5.74) is 1.03. The van der Waals surface area contributed by atoms with Crippen LogP contribution in [0.25, 0.3) is 0 Å². The van der Waals surface area contributed by atoms with Crippen LogP contribution in [0.5, 0.6) is 0 Å². The summed E-state index contributed by atoms with van der Waals surface area (Å²) < 4.78 is 0. The van der Waals surface area contributed by atoms with E-state index in [0.29, 0.717) is 5.92 Å². The van der Waals surface area contributed by atoms with Crippen LogP contribution in [0, 0.1) is 5.92 Å². The van der Waals surface area contributed by atoms with Crippen molar-refractivity contribution in [1.82, 2.24) is 15.1 Å². The van der Waals surface area contributed by atoms with Crippen molar-refractivity contribution in [3.63, 3.8) is 0 Å². The van der Waals surface area contributed by atoms with Gasteiger partial charge >= 0.3 is 5.97 Å². The molecule has 0 aliphatic carbocycles. The highest BCUT2D eigenvalue weighted by Gasteiger charge is 2.20. The molecular weight excluding hydrogens is 194 g/mol. The summed E-state index contributed by atoms with van der Waals surface area (Å²) >= 11 is 0. The molecule has 1 saturated heterocycles. The standard InChI is InChI=1S/C10H15N3O2/c1-13-3-2-7(6-13)4-8-5-9(10(14)15)12-11-8/h5,7H,2-4,6H2,1H3,(H,11,12)(H,14,15). The van der Waals surface area contributed by atoms with Crippen molar-refractivity contribution in [2.45, 2.75) is 12.8 Å². The van der Waals surface area contributed by atoms with Crippen LogP contribution in [-0.2, 0) is 6.42 Å². The molecule has 1 unspecified atom stereocenters. The molecule has 2 N–H and O–H groups in total. The summed E-state index contributed by atoms with van der Waals surface area (Å²) in [4.78, 5) is 12.9. The van der Waals surface area contributed by atoms with Gasteiger partial charge in [-0.3, -0.25) is 5.10 Å². The number of rotatable bonds is 3. The number of aromatic carboxylic acids is 1. The Bertz CT molecular complexity index is 361. The highest BCUT2D eigenvalue weighted by atomic mass is 16.4. The number of carboxylic acids is 1. The number of hydrogen-bond donors (Lipinski definition) is 2. The molecule has 1 aliphatic rings. The second-order valence-corrected chi connectivity index (χ2v) is 4.20. The van der Waals surface area contributed by atoms with Crippen molar-refractivity contribution in [2.75, 3.05) is 20.1 Å². The van der Waals surface area contributed by atoms with Gasteiger partial charge < -0.3 is 10.0 Å². The third-order valence-electron chi connectivity index (χ3n) is 2.85. The maximum absolute atomic E-state index is 10.6. The van der Waals surface area contributed by atoms with E-state index in [1.807, 2.05) is 0 Å². The third-order valence-corrected chi connectivity index (χ3v) is 2.85. The molecule has 0 amide bonds. The number of nitrogens with zero attached hydrogens (tertiary/aromatic N) is 2. The predicted octanol–water partition coefficient (Wildman–Crippen LogP) is 0.602. The van der Waals surface area contributed by atoms with Crippen molar-refractivity contribution in [3.05, 3.63) is 17.5 Å². The Morgan fingerprint density at radius 1 is 1.80 bits per heavy atom. The number of aromatic amines is 1. The van der Waals surface area contributed by atoms with Gasteiger partial charge in [-0.05, 0) is 38.4 Å². The van der Waals surface area contributed by atoms with Crippen LogP contribution in [0.15, 0.2) is 6.07 Å². The highest BCUT2D eigenvalue weighted by molar-refractivity contribution is 5.85. The van der Waals surface area contributed by atoms with Crippen molar-refractivity contribution < 1.29 is 9.90 Å². The third kappa shape index (κ3) is 2.36. The Labute approximate surface area is 88.1 Å². The molecule has 1 fully saturated rings. The number of nitrogens with one attached hydrogen (secondary N) is 1. The van der Waals surface area contributed by atoms with Crippen molar-refractivity contribution in [1.29, 1.82) is 0 Å². The first kappa shape index (κ1) is 10.2. The Kier molecular flexibility index (Phi) is 2.73. The SMILES string of the molecule is CN1CCC(Cc2cc(C(=O)O)n[nH]2)C1. The summed E-state index contributed by atoms with van der Waals surface area (Å²) in [7, 11) is 2.11. The second-order valence-electron chi connectivity index (χ2n) is 4.20. The lowest BCUT2D eigenvalue weighted by atomic mass is 10.0. The van der Waals surface area contributed by atoms with Crippen LogP contribution < -0.4 is 0 Å². The first-order chi connectivity index (χ1) is 7.15. The van der Waals surface area contributed by atoms with Crippen molar-refractivity contribution in [2.24, 2.45) is 5.92 Å². The van der Waals surface area contributed by atoms with Gasteiger partial charge in [-0.15, -0.1) is 0 Å². The number of H-pyrrole nitrogens is 1. The van der Waals surface area contributed by atoms with E-state index in [2.05, 4.69) is 22.1 Å². The van der Waals surface area contributed by atoms with E-state index < -0.39 is 5.97 Å². The summed E-state index contributed by atoms with van der Waals surface area (Å²) in [5, 5.41) is 15.2. The van der Waals surface area contributed by atoms with Crippen molar-refractivity contribution in [3.8, 4) is 0 Å². The van der Waals surface area contributed by atoms with E-state index in [4.69, 9.17) is 5.11 Å². The summed E-state index contributed by atoms with van der Waals surface area (Å²) in [6.45, 7) is 2.21. The molecule has 2 heterocycles. The molecule has 1 aliphatic heterocycles. The zero-order valence-electron chi connectivity index (χ0n) is 8.73. The van der Waals surface area contributed by atoms with Gasteiger partial charge in [0.05, 0.1) is 0 Å². The minimum absolute atomic E-state index is 0.108. The molecule has 1 aromatic heterocycles. The fourth-order valence-electron chi connectivity index (χ4n) is 2.08. The molecule has 2 rings (SSSR count). The van der Waals surface area contributed by atoms with Gasteiger partial charge in [0.1, 0.15) is 0 Å². The largest absolute Gasteiger partial charge is 0.476 e. The molecule has 0 bridgehead atoms. The van der Waals surface area contributed by atoms with Gasteiger partial charge in [-0.25, -0.2) is 4.79 Å². The lowest BCUT2D eigenvalue weighted by molar-refractivity contribution is 0.0690. The normalized spacial score (nSPS) is 22.1. The summed E-state index contributed by atoms with van der Waals surface area (Å²) in [6, 6.07) is 1.63. The minimum atomic E-state index is -0.971. The molecule has 1 aromatic rings. The summed E-state index contributed by atoms with van der Waals surface area (Å²) in [5.74, 6) is -0.349. The molecule has 0 aromatic carbocycles. The Morgan fingerprint density at radius 2 is 2.60 bits per heavy atom. The molecular formula is C10H15N3O2. The van der Waals surface area contributed by atoms with E-state index in [0.717, 1.165) is 25.2 Å². The van der Waals surface area contributed by atoms with Crippen LogP contribution in [0.4, 0.5) is 0 Å². The Hall–Kier alpha value is -1.36. The van der Waals surface area contributed by atoms with E-state index in [1.54, 1.807) is 6.07 Å². The predicted molar refractivity (Wildman–Crippen MR) is 54.9 cm³/mol. The van der Waals surface area contributed by atoms with Crippen LogP contribution in [0.1, 0.15) is 22.6 Å².